The summed E-state index contributed by atoms with van der Waals surface area (Å²) in [5.41, 5.74) is 9.09. The third-order valence-corrected chi connectivity index (χ3v) is 3.07. The minimum absolute atomic E-state index is 0.540. The Morgan fingerprint density at radius 2 is 1.89 bits per heavy atom. The molecule has 2 aromatic rings. The average molecular weight is 245 g/mol. The lowest BCUT2D eigenvalue weighted by atomic mass is 10.2. The molecular formula is C13H19N5. The van der Waals surface area contributed by atoms with Crippen LogP contribution < -0.4 is 5.73 Å². The topological polar surface area (TPSA) is 69.6 Å². The van der Waals surface area contributed by atoms with E-state index in [2.05, 4.69) is 41.9 Å². The number of hydrogen-bond donors (Lipinski definition) is 1. The summed E-state index contributed by atoms with van der Waals surface area (Å²) < 4.78 is 1.90. The molecule has 0 radical (unpaired) electrons. The van der Waals surface area contributed by atoms with Gasteiger partial charge in [-0.15, -0.1) is 0 Å². The third-order valence-electron chi connectivity index (χ3n) is 3.07. The Morgan fingerprint density at radius 1 is 1.11 bits per heavy atom. The van der Waals surface area contributed by atoms with Crippen molar-refractivity contribution in [3.63, 3.8) is 0 Å². The lowest BCUT2D eigenvalue weighted by Crippen LogP contribution is -2.10. The molecule has 0 aliphatic heterocycles. The van der Waals surface area contributed by atoms with E-state index in [9.17, 15) is 0 Å². The highest BCUT2D eigenvalue weighted by molar-refractivity contribution is 5.48. The molecule has 5 heteroatoms. The molecule has 2 aromatic heterocycles. The van der Waals surface area contributed by atoms with Gasteiger partial charge < -0.3 is 5.73 Å². The molecule has 0 fully saturated rings. The SMILES string of the molecule is CCc1cc(CC)n(-c2ncnc(N)c2CC)n1. The second kappa shape index (κ2) is 5.16. The minimum atomic E-state index is 0.540. The molecule has 2 rings (SSSR count). The van der Waals surface area contributed by atoms with Gasteiger partial charge in [0.15, 0.2) is 5.82 Å². The maximum absolute atomic E-state index is 5.91. The van der Waals surface area contributed by atoms with Crippen LogP contribution in [-0.4, -0.2) is 19.7 Å². The molecule has 0 bridgehead atoms. The van der Waals surface area contributed by atoms with Crippen molar-refractivity contribution in [2.75, 3.05) is 5.73 Å². The lowest BCUT2D eigenvalue weighted by Gasteiger charge is -2.10. The van der Waals surface area contributed by atoms with Crippen molar-refractivity contribution in [2.24, 2.45) is 0 Å². The highest BCUT2D eigenvalue weighted by Gasteiger charge is 2.14. The fourth-order valence-corrected chi connectivity index (χ4v) is 2.02. The summed E-state index contributed by atoms with van der Waals surface area (Å²) in [6.07, 6.45) is 4.13. The zero-order valence-corrected chi connectivity index (χ0v) is 11.1. The number of nitrogens with zero attached hydrogens (tertiary/aromatic N) is 4. The molecule has 96 valence electrons. The minimum Gasteiger partial charge on any atom is -0.383 e. The van der Waals surface area contributed by atoms with E-state index in [4.69, 9.17) is 5.73 Å². The second-order valence-electron chi connectivity index (χ2n) is 4.16. The van der Waals surface area contributed by atoms with Crippen LogP contribution in [0.15, 0.2) is 12.4 Å². The van der Waals surface area contributed by atoms with E-state index in [0.717, 1.165) is 42.0 Å². The average Bonchev–Trinajstić information content (AvgIpc) is 2.81. The Hall–Kier alpha value is -1.91. The molecule has 0 atom stereocenters. The first-order valence-corrected chi connectivity index (χ1v) is 6.38. The van der Waals surface area contributed by atoms with Crippen LogP contribution in [0.4, 0.5) is 5.82 Å². The van der Waals surface area contributed by atoms with Crippen LogP contribution in [0.1, 0.15) is 37.7 Å². The predicted molar refractivity (Wildman–Crippen MR) is 71.7 cm³/mol. The summed E-state index contributed by atoms with van der Waals surface area (Å²) >= 11 is 0. The molecule has 5 nitrogen and oxygen atoms in total. The van der Waals surface area contributed by atoms with Crippen molar-refractivity contribution in [3.05, 3.63) is 29.3 Å². The molecule has 0 aliphatic rings. The van der Waals surface area contributed by atoms with Gasteiger partial charge in [-0.2, -0.15) is 5.10 Å². The van der Waals surface area contributed by atoms with Crippen LogP contribution in [0.3, 0.4) is 0 Å². The van der Waals surface area contributed by atoms with E-state index >= 15 is 0 Å². The van der Waals surface area contributed by atoms with Crippen molar-refractivity contribution in [1.82, 2.24) is 19.7 Å². The molecule has 0 saturated carbocycles. The number of anilines is 1. The summed E-state index contributed by atoms with van der Waals surface area (Å²) in [5.74, 6) is 1.35. The fourth-order valence-electron chi connectivity index (χ4n) is 2.02. The molecular weight excluding hydrogens is 226 g/mol. The van der Waals surface area contributed by atoms with Crippen molar-refractivity contribution < 1.29 is 0 Å². The predicted octanol–water partition coefficient (Wildman–Crippen LogP) is 1.93. The number of nitrogen functional groups attached to an aromatic ring is 1. The highest BCUT2D eigenvalue weighted by Crippen LogP contribution is 2.19. The van der Waals surface area contributed by atoms with E-state index in [1.54, 1.807) is 0 Å². The molecule has 0 unspecified atom stereocenters. The summed E-state index contributed by atoms with van der Waals surface area (Å²) in [6, 6.07) is 2.12. The van der Waals surface area contributed by atoms with Gasteiger partial charge in [0.25, 0.3) is 0 Å². The van der Waals surface area contributed by atoms with Gasteiger partial charge in [-0.05, 0) is 25.3 Å². The summed E-state index contributed by atoms with van der Waals surface area (Å²) in [7, 11) is 0. The van der Waals surface area contributed by atoms with Gasteiger partial charge in [-0.25, -0.2) is 14.6 Å². The molecule has 0 aromatic carbocycles. The molecule has 2 N–H and O–H groups in total. The van der Waals surface area contributed by atoms with Crippen molar-refractivity contribution >= 4 is 5.82 Å². The zero-order chi connectivity index (χ0) is 13.1. The number of nitrogens with two attached hydrogens (primary N) is 1. The van der Waals surface area contributed by atoms with Crippen LogP contribution in [-0.2, 0) is 19.3 Å². The first-order valence-electron chi connectivity index (χ1n) is 6.38. The Balaban J connectivity index is 2.60. The van der Waals surface area contributed by atoms with Gasteiger partial charge in [0.2, 0.25) is 0 Å². The fraction of sp³-hybridized carbons (Fsp3) is 0.462. The van der Waals surface area contributed by atoms with E-state index in [1.165, 1.54) is 6.33 Å². The van der Waals surface area contributed by atoms with Crippen LogP contribution in [0.25, 0.3) is 5.82 Å². The smallest absolute Gasteiger partial charge is 0.162 e. The molecule has 0 amide bonds. The van der Waals surface area contributed by atoms with Crippen LogP contribution in [0.5, 0.6) is 0 Å². The quantitative estimate of drug-likeness (QED) is 0.893. The van der Waals surface area contributed by atoms with Gasteiger partial charge in [-0.3, -0.25) is 0 Å². The maximum atomic E-state index is 5.91. The van der Waals surface area contributed by atoms with Crippen molar-refractivity contribution in [2.45, 2.75) is 40.0 Å². The van der Waals surface area contributed by atoms with Gasteiger partial charge in [-0.1, -0.05) is 20.8 Å². The summed E-state index contributed by atoms with van der Waals surface area (Å²) in [4.78, 5) is 8.39. The Bertz CT molecular complexity index is 544. The first kappa shape index (κ1) is 12.5. The van der Waals surface area contributed by atoms with E-state index in [1.807, 2.05) is 4.68 Å². The molecule has 0 spiro atoms. The van der Waals surface area contributed by atoms with E-state index in [0.29, 0.717) is 5.82 Å². The zero-order valence-electron chi connectivity index (χ0n) is 11.1. The first-order chi connectivity index (χ1) is 8.71. The van der Waals surface area contributed by atoms with Gasteiger partial charge >= 0.3 is 0 Å². The second-order valence-corrected chi connectivity index (χ2v) is 4.16. The lowest BCUT2D eigenvalue weighted by molar-refractivity contribution is 0.757. The van der Waals surface area contributed by atoms with E-state index in [-0.39, 0.29) is 0 Å². The molecule has 0 saturated heterocycles. The normalized spacial score (nSPS) is 10.8. The summed E-state index contributed by atoms with van der Waals surface area (Å²) in [5, 5.41) is 4.59. The largest absolute Gasteiger partial charge is 0.383 e. The van der Waals surface area contributed by atoms with Crippen molar-refractivity contribution in [3.8, 4) is 5.82 Å². The Labute approximate surface area is 107 Å². The van der Waals surface area contributed by atoms with Crippen molar-refractivity contribution in [1.29, 1.82) is 0 Å². The number of aromatic nitrogens is 4. The van der Waals surface area contributed by atoms with E-state index < -0.39 is 0 Å². The standard InChI is InChI=1S/C13H19N5/c1-4-9-7-10(5-2)18(17-9)13-11(6-3)12(14)15-8-16-13/h7-8H,4-6H2,1-3H3,(H2,14,15,16). The maximum Gasteiger partial charge on any atom is 0.162 e. The van der Waals surface area contributed by atoms with Gasteiger partial charge in [0.05, 0.1) is 5.69 Å². The highest BCUT2D eigenvalue weighted by atomic mass is 15.3. The molecule has 2 heterocycles. The summed E-state index contributed by atoms with van der Waals surface area (Å²) in [6.45, 7) is 6.26. The molecule has 0 aliphatic carbocycles. The number of aryl methyl sites for hydroxylation is 2. The van der Waals surface area contributed by atoms with Crippen LogP contribution in [0.2, 0.25) is 0 Å². The third kappa shape index (κ3) is 2.08. The number of rotatable bonds is 4. The van der Waals surface area contributed by atoms with Crippen LogP contribution in [0, 0.1) is 0 Å². The van der Waals surface area contributed by atoms with Gasteiger partial charge in [0.1, 0.15) is 12.1 Å². The Kier molecular flexibility index (Phi) is 3.60. The molecule has 18 heavy (non-hydrogen) atoms. The van der Waals surface area contributed by atoms with Gasteiger partial charge in [0, 0.05) is 11.3 Å². The number of hydrogen-bond acceptors (Lipinski definition) is 4. The monoisotopic (exact) mass is 245 g/mol. The Morgan fingerprint density at radius 3 is 2.50 bits per heavy atom. The van der Waals surface area contributed by atoms with Crippen LogP contribution >= 0.6 is 0 Å².